The van der Waals surface area contributed by atoms with E-state index in [-0.39, 0.29) is 17.7 Å². The number of ether oxygens (including phenoxy) is 2. The molecule has 0 amide bonds. The second-order valence-corrected chi connectivity index (χ2v) is 10.3. The highest BCUT2D eigenvalue weighted by atomic mass is 32.2. The van der Waals surface area contributed by atoms with Crippen LogP contribution in [0.5, 0.6) is 0 Å². The summed E-state index contributed by atoms with van der Waals surface area (Å²) in [4.78, 5) is 11.0. The van der Waals surface area contributed by atoms with Gasteiger partial charge >= 0.3 is 0 Å². The van der Waals surface area contributed by atoms with Crippen LogP contribution in [-0.4, -0.2) is 81.1 Å². The topological polar surface area (TPSA) is 61.0 Å². The highest BCUT2D eigenvalue weighted by molar-refractivity contribution is 8.02. The van der Waals surface area contributed by atoms with Crippen LogP contribution in [0.25, 0.3) is 0 Å². The third-order valence-corrected chi connectivity index (χ3v) is 8.67. The summed E-state index contributed by atoms with van der Waals surface area (Å²) in [6, 6.07) is 0. The molecule has 0 aromatic heterocycles. The van der Waals surface area contributed by atoms with E-state index in [1.165, 1.54) is 17.4 Å². The van der Waals surface area contributed by atoms with E-state index in [9.17, 15) is 0 Å². The van der Waals surface area contributed by atoms with Crippen molar-refractivity contribution >= 4 is 23.5 Å². The number of hydrogen-bond acceptors (Lipinski definition) is 8. The summed E-state index contributed by atoms with van der Waals surface area (Å²) in [5.74, 6) is 3.66. The molecule has 0 aromatic rings. The molecule has 4 aliphatic rings. The molecule has 4 saturated heterocycles. The average Bonchev–Trinajstić information content (AvgIpc) is 3.29. The maximum atomic E-state index is 6.56. The first kappa shape index (κ1) is 21.7. The fraction of sp³-hybridized carbons (Fsp3) is 0.950. The van der Waals surface area contributed by atoms with Crippen molar-refractivity contribution in [1.29, 1.82) is 0 Å². The molecule has 28 heavy (non-hydrogen) atoms. The Morgan fingerprint density at radius 1 is 0.929 bits per heavy atom. The van der Waals surface area contributed by atoms with Gasteiger partial charge in [0.25, 0.3) is 0 Å². The zero-order valence-corrected chi connectivity index (χ0v) is 18.4. The molecule has 8 heteroatoms. The van der Waals surface area contributed by atoms with E-state index < -0.39 is 0 Å². The van der Waals surface area contributed by atoms with Crippen molar-refractivity contribution in [3.8, 4) is 0 Å². The molecule has 4 heterocycles. The van der Waals surface area contributed by atoms with Gasteiger partial charge in [-0.25, -0.2) is 9.78 Å². The number of thioether (sulfide) groups is 2. The van der Waals surface area contributed by atoms with E-state index in [1.54, 1.807) is 0 Å². The summed E-state index contributed by atoms with van der Waals surface area (Å²) in [6.45, 7) is 5.88. The van der Waals surface area contributed by atoms with Gasteiger partial charge in [-0.15, -0.1) is 11.8 Å². The minimum Gasteiger partial charge on any atom is -0.375 e. The van der Waals surface area contributed by atoms with Crippen LogP contribution in [0.4, 0.5) is 0 Å². The quantitative estimate of drug-likeness (QED) is 0.660. The summed E-state index contributed by atoms with van der Waals surface area (Å²) in [7, 11) is 0. The van der Waals surface area contributed by atoms with Crippen molar-refractivity contribution in [2.75, 3.05) is 63.3 Å². The maximum absolute atomic E-state index is 6.56. The average molecular weight is 432 g/mol. The van der Waals surface area contributed by atoms with Crippen LogP contribution in [0.3, 0.4) is 0 Å². The second kappa shape index (κ2) is 11.2. The lowest BCUT2D eigenvalue weighted by Crippen LogP contribution is -2.67. The van der Waals surface area contributed by atoms with Gasteiger partial charge in [0.2, 0.25) is 0 Å². The highest BCUT2D eigenvalue weighted by Crippen LogP contribution is 2.48. The highest BCUT2D eigenvalue weighted by Gasteiger charge is 2.56. The van der Waals surface area contributed by atoms with Gasteiger partial charge in [0.15, 0.2) is 0 Å². The van der Waals surface area contributed by atoms with Crippen molar-refractivity contribution in [1.82, 2.24) is 10.6 Å². The zero-order chi connectivity index (χ0) is 19.1. The third-order valence-electron chi connectivity index (χ3n) is 6.15. The standard InChI is InChI=1S/C20H35N2O4S2/c1-5-16(14-26-25-10-1)20(18-15-27-11-4-9-24-18)19(28-12-3-7-22-20)17-13-21-6-2-8-23-17/h16-18,21-22H,1-15H2. The minimum absolute atomic E-state index is 0.110. The molecule has 4 rings (SSSR count). The van der Waals surface area contributed by atoms with Gasteiger partial charge in [-0.2, -0.15) is 11.8 Å². The van der Waals surface area contributed by atoms with Crippen molar-refractivity contribution in [3.63, 3.8) is 0 Å². The predicted molar refractivity (Wildman–Crippen MR) is 115 cm³/mol. The second-order valence-electron chi connectivity index (χ2n) is 8.01. The molecule has 0 aromatic carbocycles. The Morgan fingerprint density at radius 2 is 1.89 bits per heavy atom. The van der Waals surface area contributed by atoms with Crippen LogP contribution in [0.15, 0.2) is 0 Å². The number of nitrogens with one attached hydrogen (secondary N) is 2. The summed E-state index contributed by atoms with van der Waals surface area (Å²) >= 11 is 4.04. The van der Waals surface area contributed by atoms with Crippen LogP contribution in [0.1, 0.15) is 32.1 Å². The van der Waals surface area contributed by atoms with E-state index in [0.29, 0.717) is 19.1 Å². The molecule has 6 nitrogen and oxygen atoms in total. The molecule has 0 saturated carbocycles. The Kier molecular flexibility index (Phi) is 8.66. The molecule has 4 fully saturated rings. The SMILES string of the molecule is C1CNCC([C]2SCCCNC2(C2CCCOOC2)C2CSCCCO2)OC1. The molecule has 0 spiro atoms. The normalized spacial score (nSPS) is 40.1. The van der Waals surface area contributed by atoms with Crippen LogP contribution < -0.4 is 10.6 Å². The largest absolute Gasteiger partial charge is 0.375 e. The minimum atomic E-state index is -0.233. The molecule has 0 bridgehead atoms. The van der Waals surface area contributed by atoms with Crippen LogP contribution in [0.2, 0.25) is 0 Å². The van der Waals surface area contributed by atoms with E-state index in [1.807, 2.05) is 23.5 Å². The van der Waals surface area contributed by atoms with Crippen molar-refractivity contribution in [2.45, 2.75) is 49.9 Å². The van der Waals surface area contributed by atoms with E-state index in [2.05, 4.69) is 10.6 Å². The lowest BCUT2D eigenvalue weighted by atomic mass is 9.73. The number of hydrogen-bond donors (Lipinski definition) is 2. The summed E-state index contributed by atoms with van der Waals surface area (Å²) in [5.41, 5.74) is -0.233. The van der Waals surface area contributed by atoms with Crippen LogP contribution in [0, 0.1) is 11.2 Å². The van der Waals surface area contributed by atoms with E-state index in [4.69, 9.17) is 19.2 Å². The Labute approximate surface area is 177 Å². The van der Waals surface area contributed by atoms with Crippen molar-refractivity contribution < 1.29 is 19.2 Å². The first-order valence-corrected chi connectivity index (χ1v) is 13.1. The van der Waals surface area contributed by atoms with Gasteiger partial charge in [0.05, 0.1) is 36.2 Å². The van der Waals surface area contributed by atoms with Gasteiger partial charge in [-0.05, 0) is 56.7 Å². The molecule has 161 valence electrons. The Balaban J connectivity index is 1.69. The van der Waals surface area contributed by atoms with Gasteiger partial charge < -0.3 is 20.1 Å². The molecular formula is C20H35N2O4S2. The molecule has 4 aliphatic heterocycles. The predicted octanol–water partition coefficient (Wildman–Crippen LogP) is 2.24. The summed E-state index contributed by atoms with van der Waals surface area (Å²) < 4.78 is 13.0. The fourth-order valence-electron chi connectivity index (χ4n) is 4.79. The van der Waals surface area contributed by atoms with E-state index >= 15 is 0 Å². The maximum Gasteiger partial charge on any atom is 0.0880 e. The molecule has 4 unspecified atom stereocenters. The molecule has 0 aliphatic carbocycles. The Morgan fingerprint density at radius 3 is 2.89 bits per heavy atom. The zero-order valence-electron chi connectivity index (χ0n) is 16.8. The molecular weight excluding hydrogens is 396 g/mol. The molecule has 1 radical (unpaired) electrons. The third kappa shape index (κ3) is 5.02. The lowest BCUT2D eigenvalue weighted by molar-refractivity contribution is -0.295. The van der Waals surface area contributed by atoms with Crippen LogP contribution in [-0.2, 0) is 19.2 Å². The summed E-state index contributed by atoms with van der Waals surface area (Å²) in [5, 5.41) is 9.05. The van der Waals surface area contributed by atoms with E-state index in [0.717, 1.165) is 70.0 Å². The first-order chi connectivity index (χ1) is 13.9. The molecule has 4 atom stereocenters. The van der Waals surface area contributed by atoms with Crippen LogP contribution >= 0.6 is 23.5 Å². The van der Waals surface area contributed by atoms with Gasteiger partial charge in [0.1, 0.15) is 0 Å². The van der Waals surface area contributed by atoms with Gasteiger partial charge in [-0.1, -0.05) is 0 Å². The first-order valence-electron chi connectivity index (χ1n) is 10.9. The summed E-state index contributed by atoms with van der Waals surface area (Å²) in [6.07, 6.45) is 5.73. The number of rotatable bonds is 3. The van der Waals surface area contributed by atoms with Gasteiger partial charge in [0, 0.05) is 31.4 Å². The Hall–Kier alpha value is 0.460. The smallest absolute Gasteiger partial charge is 0.0880 e. The fourth-order valence-corrected chi connectivity index (χ4v) is 7.30. The monoisotopic (exact) mass is 431 g/mol. The molecule has 2 N–H and O–H groups in total. The van der Waals surface area contributed by atoms with Crippen molar-refractivity contribution in [2.24, 2.45) is 5.92 Å². The Bertz CT molecular complexity index is 429. The van der Waals surface area contributed by atoms with Gasteiger partial charge in [-0.3, -0.25) is 0 Å². The van der Waals surface area contributed by atoms with Crippen molar-refractivity contribution in [3.05, 3.63) is 5.25 Å². The lowest BCUT2D eigenvalue weighted by Gasteiger charge is -2.51.